The minimum absolute atomic E-state index is 0.0168. The van der Waals surface area contributed by atoms with Gasteiger partial charge in [0.1, 0.15) is 11.5 Å². The Bertz CT molecular complexity index is 1130. The zero-order chi connectivity index (χ0) is 23.8. The fraction of sp³-hybridized carbons (Fsp3) is 0.556. The van der Waals surface area contributed by atoms with Gasteiger partial charge < -0.3 is 14.9 Å². The lowest BCUT2D eigenvalue weighted by Gasteiger charge is -2.40. The predicted molar refractivity (Wildman–Crippen MR) is 136 cm³/mol. The number of rotatable bonds is 5. The van der Waals surface area contributed by atoms with Gasteiger partial charge in [-0.25, -0.2) is 4.98 Å². The molecule has 5 rings (SSSR count). The number of aliphatic hydroxyl groups is 1. The Morgan fingerprint density at radius 2 is 1.71 bits per heavy atom. The van der Waals surface area contributed by atoms with Crippen LogP contribution in [0.25, 0.3) is 5.65 Å². The summed E-state index contributed by atoms with van der Waals surface area (Å²) < 4.78 is 2.19. The SMILES string of the molecule is CC(C)c1cccnc1C1CCCC(c2nc3cccc(N4CCN(C)CC4)n3c2CO)N1C. The Labute approximate surface area is 203 Å². The van der Waals surface area contributed by atoms with Gasteiger partial charge in [-0.05, 0) is 63.0 Å². The maximum atomic E-state index is 10.6. The van der Waals surface area contributed by atoms with Gasteiger partial charge in [0.05, 0.1) is 35.8 Å². The average Bonchev–Trinajstić information content (AvgIpc) is 3.23. The first-order valence-corrected chi connectivity index (χ1v) is 12.7. The Morgan fingerprint density at radius 1 is 0.971 bits per heavy atom. The van der Waals surface area contributed by atoms with E-state index in [-0.39, 0.29) is 18.7 Å². The molecule has 0 aliphatic carbocycles. The number of piperazine rings is 1. The fourth-order valence-electron chi connectivity index (χ4n) is 5.84. The summed E-state index contributed by atoms with van der Waals surface area (Å²) in [5.41, 5.74) is 5.38. The third-order valence-electron chi connectivity index (χ3n) is 7.79. The number of anilines is 1. The molecule has 2 unspecified atom stereocenters. The largest absolute Gasteiger partial charge is 0.390 e. The molecular formula is C27H38N6O. The molecule has 7 heteroatoms. The number of hydrogen-bond acceptors (Lipinski definition) is 6. The molecule has 0 aromatic carbocycles. The van der Waals surface area contributed by atoms with Gasteiger partial charge in [-0.15, -0.1) is 0 Å². The Balaban J connectivity index is 1.53. The summed E-state index contributed by atoms with van der Waals surface area (Å²) in [5, 5.41) is 10.6. The van der Waals surface area contributed by atoms with Crippen molar-refractivity contribution in [2.24, 2.45) is 0 Å². The number of likely N-dealkylation sites (tertiary alicyclic amines) is 1. The van der Waals surface area contributed by atoms with Gasteiger partial charge in [-0.1, -0.05) is 26.0 Å². The van der Waals surface area contributed by atoms with Crippen LogP contribution in [0.5, 0.6) is 0 Å². The third-order valence-corrected chi connectivity index (χ3v) is 7.79. The molecule has 0 spiro atoms. The first-order chi connectivity index (χ1) is 16.5. The van der Waals surface area contributed by atoms with Crippen LogP contribution in [-0.4, -0.2) is 69.5 Å². The molecule has 0 amide bonds. The van der Waals surface area contributed by atoms with Crippen LogP contribution >= 0.6 is 0 Å². The molecule has 7 nitrogen and oxygen atoms in total. The molecule has 0 bridgehead atoms. The summed E-state index contributed by atoms with van der Waals surface area (Å²) in [4.78, 5) is 17.2. The first kappa shape index (κ1) is 23.3. The molecule has 2 aliphatic heterocycles. The van der Waals surface area contributed by atoms with Crippen LogP contribution in [0.4, 0.5) is 5.82 Å². The summed E-state index contributed by atoms with van der Waals surface area (Å²) >= 11 is 0. The van der Waals surface area contributed by atoms with Crippen molar-refractivity contribution >= 4 is 11.5 Å². The Morgan fingerprint density at radius 3 is 2.41 bits per heavy atom. The van der Waals surface area contributed by atoms with Crippen molar-refractivity contribution in [1.29, 1.82) is 0 Å². The zero-order valence-corrected chi connectivity index (χ0v) is 21.0. The minimum Gasteiger partial charge on any atom is -0.390 e. The molecule has 3 aromatic heterocycles. The number of piperidine rings is 1. The molecule has 182 valence electrons. The van der Waals surface area contributed by atoms with Crippen LogP contribution in [0, 0.1) is 0 Å². The lowest BCUT2D eigenvalue weighted by Crippen LogP contribution is -2.45. The van der Waals surface area contributed by atoms with Crippen molar-refractivity contribution in [1.82, 2.24) is 24.2 Å². The molecule has 2 saturated heterocycles. The van der Waals surface area contributed by atoms with E-state index in [1.54, 1.807) is 0 Å². The molecular weight excluding hydrogens is 424 g/mol. The highest BCUT2D eigenvalue weighted by Gasteiger charge is 2.35. The van der Waals surface area contributed by atoms with Crippen LogP contribution in [0.15, 0.2) is 36.5 Å². The van der Waals surface area contributed by atoms with Crippen LogP contribution in [0.3, 0.4) is 0 Å². The van der Waals surface area contributed by atoms with Crippen molar-refractivity contribution in [2.75, 3.05) is 45.2 Å². The highest BCUT2D eigenvalue weighted by Crippen LogP contribution is 2.42. The van der Waals surface area contributed by atoms with E-state index in [9.17, 15) is 5.11 Å². The van der Waals surface area contributed by atoms with Crippen LogP contribution in [0.2, 0.25) is 0 Å². The Hall–Kier alpha value is -2.48. The average molecular weight is 463 g/mol. The van der Waals surface area contributed by atoms with E-state index in [1.165, 1.54) is 11.3 Å². The first-order valence-electron chi connectivity index (χ1n) is 12.7. The fourth-order valence-corrected chi connectivity index (χ4v) is 5.84. The monoisotopic (exact) mass is 462 g/mol. The number of imidazole rings is 1. The number of hydrogen-bond donors (Lipinski definition) is 1. The minimum atomic E-state index is -0.0168. The van der Waals surface area contributed by atoms with Gasteiger partial charge in [-0.2, -0.15) is 0 Å². The van der Waals surface area contributed by atoms with Gasteiger partial charge in [0.2, 0.25) is 0 Å². The van der Waals surface area contributed by atoms with E-state index in [1.807, 2.05) is 12.3 Å². The molecule has 3 aromatic rings. The Kier molecular flexibility index (Phi) is 6.60. The molecule has 2 aliphatic rings. The second-order valence-corrected chi connectivity index (χ2v) is 10.2. The molecule has 1 N–H and O–H groups in total. The number of likely N-dealkylation sites (N-methyl/N-ethyl adjacent to an activating group) is 1. The number of pyridine rings is 2. The van der Waals surface area contributed by atoms with E-state index in [4.69, 9.17) is 9.97 Å². The normalized spacial score (nSPS) is 22.7. The van der Waals surface area contributed by atoms with E-state index >= 15 is 0 Å². The zero-order valence-electron chi connectivity index (χ0n) is 21.0. The second kappa shape index (κ2) is 9.64. The van der Waals surface area contributed by atoms with Crippen molar-refractivity contribution in [2.45, 2.75) is 57.7 Å². The number of aromatic nitrogens is 3. The van der Waals surface area contributed by atoms with Gasteiger partial charge in [0, 0.05) is 32.4 Å². The van der Waals surface area contributed by atoms with E-state index < -0.39 is 0 Å². The second-order valence-electron chi connectivity index (χ2n) is 10.2. The standard InChI is InChI=1S/C27H38N6O/c1-19(2)20-8-7-13-28-26(20)21-9-5-10-22(31(21)4)27-23(18-34)33-24(29-27)11-6-12-25(33)32-16-14-30(3)15-17-32/h6-8,11-13,19,21-22,34H,5,9-10,14-18H2,1-4H3. The molecule has 2 fully saturated rings. The van der Waals surface area contributed by atoms with Crippen LogP contribution in [-0.2, 0) is 6.61 Å². The van der Waals surface area contributed by atoms with E-state index in [2.05, 4.69) is 71.3 Å². The van der Waals surface area contributed by atoms with Gasteiger partial charge in [0.25, 0.3) is 0 Å². The number of nitrogens with zero attached hydrogens (tertiary/aromatic N) is 6. The molecule has 34 heavy (non-hydrogen) atoms. The number of fused-ring (bicyclic) bond motifs is 1. The van der Waals surface area contributed by atoms with Crippen molar-refractivity contribution < 1.29 is 5.11 Å². The van der Waals surface area contributed by atoms with Gasteiger partial charge in [0.15, 0.2) is 0 Å². The summed E-state index contributed by atoms with van der Waals surface area (Å²) in [6.07, 6.45) is 5.18. The third kappa shape index (κ3) is 4.10. The lowest BCUT2D eigenvalue weighted by atomic mass is 9.88. The topological polar surface area (TPSA) is 60.1 Å². The molecule has 2 atom stereocenters. The highest BCUT2D eigenvalue weighted by molar-refractivity contribution is 5.55. The summed E-state index contributed by atoms with van der Waals surface area (Å²) in [7, 11) is 4.38. The summed E-state index contributed by atoms with van der Waals surface area (Å²) in [6.45, 7) is 8.52. The van der Waals surface area contributed by atoms with E-state index in [0.717, 1.165) is 68.3 Å². The molecule has 0 radical (unpaired) electrons. The summed E-state index contributed by atoms with van der Waals surface area (Å²) in [5.74, 6) is 1.57. The van der Waals surface area contributed by atoms with Crippen LogP contribution < -0.4 is 4.90 Å². The quantitative estimate of drug-likeness (QED) is 0.619. The van der Waals surface area contributed by atoms with Crippen molar-refractivity contribution in [3.8, 4) is 0 Å². The smallest absolute Gasteiger partial charge is 0.138 e. The highest BCUT2D eigenvalue weighted by atomic mass is 16.3. The van der Waals surface area contributed by atoms with E-state index in [0.29, 0.717) is 5.92 Å². The lowest BCUT2D eigenvalue weighted by molar-refractivity contribution is 0.107. The van der Waals surface area contributed by atoms with Crippen molar-refractivity contribution in [3.63, 3.8) is 0 Å². The summed E-state index contributed by atoms with van der Waals surface area (Å²) in [6, 6.07) is 11.0. The predicted octanol–water partition coefficient (Wildman–Crippen LogP) is 3.99. The number of aliphatic hydroxyl groups excluding tert-OH is 1. The van der Waals surface area contributed by atoms with Crippen molar-refractivity contribution in [3.05, 3.63) is 59.2 Å². The maximum absolute atomic E-state index is 10.6. The maximum Gasteiger partial charge on any atom is 0.138 e. The molecule has 5 heterocycles. The van der Waals surface area contributed by atoms with Gasteiger partial charge in [-0.3, -0.25) is 14.3 Å². The van der Waals surface area contributed by atoms with Gasteiger partial charge >= 0.3 is 0 Å². The van der Waals surface area contributed by atoms with Crippen LogP contribution in [0.1, 0.15) is 73.8 Å². The molecule has 0 saturated carbocycles.